The smallest absolute Gasteiger partial charge is 0.338 e. The van der Waals surface area contributed by atoms with Crippen molar-refractivity contribution in [2.75, 3.05) is 27.9 Å². The summed E-state index contributed by atoms with van der Waals surface area (Å²) in [5.41, 5.74) is 6.95. The van der Waals surface area contributed by atoms with Crippen molar-refractivity contribution >= 4 is 22.9 Å². The van der Waals surface area contributed by atoms with Crippen molar-refractivity contribution in [3.8, 4) is 17.2 Å². The Morgan fingerprint density at radius 3 is 2.09 bits per heavy atom. The van der Waals surface area contributed by atoms with E-state index in [1.807, 2.05) is 19.1 Å². The molecule has 0 aromatic heterocycles. The van der Waals surface area contributed by atoms with Crippen LogP contribution in [0.3, 0.4) is 0 Å². The van der Waals surface area contributed by atoms with E-state index < -0.39 is 12.0 Å². The molecule has 0 unspecified atom stereocenters. The predicted octanol–water partition coefficient (Wildman–Crippen LogP) is 5.41. The van der Waals surface area contributed by atoms with Crippen molar-refractivity contribution in [1.82, 2.24) is 5.32 Å². The SMILES string of the molecule is CCOC(=O)C1=C(C)NC(SCc2c(C)cc(C)cc2C)=N[C@@H]1c1cc(OC)c(OC)c(OC)c1. The number of rotatable bonds is 8. The first-order valence-electron chi connectivity index (χ1n) is 11.5. The topological polar surface area (TPSA) is 78.4 Å². The molecule has 0 amide bonds. The molecule has 0 bridgehead atoms. The van der Waals surface area contributed by atoms with Crippen LogP contribution in [0.25, 0.3) is 0 Å². The van der Waals surface area contributed by atoms with Crippen LogP contribution in [0, 0.1) is 20.8 Å². The molecule has 0 saturated carbocycles. The van der Waals surface area contributed by atoms with Gasteiger partial charge in [0.1, 0.15) is 6.04 Å². The largest absolute Gasteiger partial charge is 0.493 e. The second kappa shape index (κ2) is 11.5. The van der Waals surface area contributed by atoms with Crippen molar-refractivity contribution in [1.29, 1.82) is 0 Å². The Kier molecular flexibility index (Phi) is 8.72. The normalized spacial score (nSPS) is 15.3. The highest BCUT2D eigenvalue weighted by Gasteiger charge is 2.32. The van der Waals surface area contributed by atoms with Gasteiger partial charge in [-0.3, -0.25) is 0 Å². The summed E-state index contributed by atoms with van der Waals surface area (Å²) in [6.45, 7) is 10.3. The molecule has 0 fully saturated rings. The Hall–Kier alpha value is -3.13. The third-order valence-corrected chi connectivity index (χ3v) is 6.82. The average Bonchev–Trinajstić information content (AvgIpc) is 2.81. The molecule has 1 aliphatic rings. The predicted molar refractivity (Wildman–Crippen MR) is 141 cm³/mol. The van der Waals surface area contributed by atoms with E-state index in [0.717, 1.165) is 16.5 Å². The van der Waals surface area contributed by atoms with E-state index in [2.05, 4.69) is 38.2 Å². The maximum Gasteiger partial charge on any atom is 0.338 e. The molecule has 188 valence electrons. The summed E-state index contributed by atoms with van der Waals surface area (Å²) in [4.78, 5) is 17.9. The first-order chi connectivity index (χ1) is 16.7. The minimum absolute atomic E-state index is 0.273. The number of benzene rings is 2. The van der Waals surface area contributed by atoms with Gasteiger partial charge in [0.15, 0.2) is 16.7 Å². The zero-order chi connectivity index (χ0) is 25.7. The number of aryl methyl sites for hydroxylation is 3. The number of esters is 1. The molecule has 35 heavy (non-hydrogen) atoms. The van der Waals surface area contributed by atoms with Gasteiger partial charge >= 0.3 is 5.97 Å². The minimum atomic E-state index is -0.591. The average molecular weight is 499 g/mol. The zero-order valence-electron chi connectivity index (χ0n) is 21.7. The lowest BCUT2D eigenvalue weighted by Gasteiger charge is -2.27. The van der Waals surface area contributed by atoms with E-state index in [1.54, 1.807) is 40.0 Å². The number of allylic oxidation sites excluding steroid dienone is 1. The summed E-state index contributed by atoms with van der Waals surface area (Å²) >= 11 is 1.61. The lowest BCUT2D eigenvalue weighted by molar-refractivity contribution is -0.138. The van der Waals surface area contributed by atoms with Crippen LogP contribution in [0.4, 0.5) is 0 Å². The molecule has 3 rings (SSSR count). The first kappa shape index (κ1) is 26.5. The Bertz CT molecular complexity index is 1120. The molecular formula is C27H34N2O5S. The molecule has 2 aromatic carbocycles. The number of amidine groups is 1. The molecule has 1 aliphatic heterocycles. The van der Waals surface area contributed by atoms with E-state index in [1.165, 1.54) is 22.3 Å². The summed E-state index contributed by atoms with van der Waals surface area (Å²) in [6.07, 6.45) is 0. The fraction of sp³-hybridized carbons (Fsp3) is 0.407. The molecule has 1 heterocycles. The maximum atomic E-state index is 12.9. The number of nitrogens with one attached hydrogen (secondary N) is 1. The molecule has 1 atom stereocenters. The summed E-state index contributed by atoms with van der Waals surface area (Å²) in [6, 6.07) is 7.45. The molecule has 0 saturated heterocycles. The van der Waals surface area contributed by atoms with E-state index in [4.69, 9.17) is 23.9 Å². The highest BCUT2D eigenvalue weighted by atomic mass is 32.2. The quantitative estimate of drug-likeness (QED) is 0.488. The van der Waals surface area contributed by atoms with Crippen molar-refractivity contribution in [3.63, 3.8) is 0 Å². The number of hydrogen-bond acceptors (Lipinski definition) is 8. The van der Waals surface area contributed by atoms with E-state index >= 15 is 0 Å². The van der Waals surface area contributed by atoms with Crippen LogP contribution in [0.5, 0.6) is 17.2 Å². The van der Waals surface area contributed by atoms with Crippen molar-refractivity contribution in [3.05, 3.63) is 63.4 Å². The minimum Gasteiger partial charge on any atom is -0.493 e. The molecule has 0 aliphatic carbocycles. The van der Waals surface area contributed by atoms with Crippen molar-refractivity contribution in [2.45, 2.75) is 46.4 Å². The van der Waals surface area contributed by atoms with Crippen LogP contribution >= 0.6 is 11.8 Å². The van der Waals surface area contributed by atoms with E-state index in [-0.39, 0.29) is 6.61 Å². The Morgan fingerprint density at radius 1 is 0.971 bits per heavy atom. The molecule has 8 heteroatoms. The molecule has 2 aromatic rings. The van der Waals surface area contributed by atoms with Crippen LogP contribution in [-0.2, 0) is 15.3 Å². The van der Waals surface area contributed by atoms with Gasteiger partial charge in [0, 0.05) is 11.4 Å². The number of hydrogen-bond donors (Lipinski definition) is 1. The standard InChI is InChI=1S/C27H34N2O5S/c1-9-34-26(30)23-18(5)28-27(35-14-20-16(3)10-15(2)11-17(20)4)29-24(23)19-12-21(31-6)25(33-8)22(13-19)32-7/h10-13,24H,9,14H2,1-8H3,(H,28,29)/t24-/m1/s1. The lowest BCUT2D eigenvalue weighted by Crippen LogP contribution is -2.30. The van der Waals surface area contributed by atoms with Gasteiger partial charge in [0.2, 0.25) is 5.75 Å². The Balaban J connectivity index is 2.04. The van der Waals surface area contributed by atoms with Crippen LogP contribution < -0.4 is 19.5 Å². The van der Waals surface area contributed by atoms with Crippen LogP contribution in [-0.4, -0.2) is 39.1 Å². The van der Waals surface area contributed by atoms with Gasteiger partial charge in [0.25, 0.3) is 0 Å². The number of carbonyl (C=O) groups excluding carboxylic acids is 1. The first-order valence-corrected chi connectivity index (χ1v) is 12.4. The second-order valence-electron chi connectivity index (χ2n) is 8.35. The molecule has 0 spiro atoms. The van der Waals surface area contributed by atoms with Gasteiger partial charge in [-0.25, -0.2) is 9.79 Å². The summed E-state index contributed by atoms with van der Waals surface area (Å²) in [5.74, 6) is 1.82. The summed E-state index contributed by atoms with van der Waals surface area (Å²) in [5, 5.41) is 4.04. The fourth-order valence-electron chi connectivity index (χ4n) is 4.27. The maximum absolute atomic E-state index is 12.9. The number of nitrogens with zero attached hydrogens (tertiary/aromatic N) is 1. The van der Waals surface area contributed by atoms with Gasteiger partial charge < -0.3 is 24.3 Å². The number of ether oxygens (including phenoxy) is 4. The highest BCUT2D eigenvalue weighted by molar-refractivity contribution is 8.13. The van der Waals surface area contributed by atoms with E-state index in [9.17, 15) is 4.79 Å². The van der Waals surface area contributed by atoms with Gasteiger partial charge in [-0.15, -0.1) is 0 Å². The fourth-order valence-corrected chi connectivity index (χ4v) is 5.41. The molecule has 0 radical (unpaired) electrons. The Labute approximate surface area is 211 Å². The molecule has 7 nitrogen and oxygen atoms in total. The Morgan fingerprint density at radius 2 is 1.57 bits per heavy atom. The number of aliphatic imine (C=N–C) groups is 1. The van der Waals surface area contributed by atoms with Crippen LogP contribution in [0.15, 0.2) is 40.5 Å². The molecular weight excluding hydrogens is 464 g/mol. The zero-order valence-corrected chi connectivity index (χ0v) is 22.5. The summed E-state index contributed by atoms with van der Waals surface area (Å²) in [7, 11) is 4.68. The highest BCUT2D eigenvalue weighted by Crippen LogP contribution is 2.43. The van der Waals surface area contributed by atoms with E-state index in [0.29, 0.717) is 28.5 Å². The lowest BCUT2D eigenvalue weighted by atomic mass is 9.96. The number of methoxy groups -OCH3 is 3. The van der Waals surface area contributed by atoms with Crippen LogP contribution in [0.1, 0.15) is 47.7 Å². The number of thioether (sulfide) groups is 1. The number of carbonyl (C=O) groups is 1. The second-order valence-corrected chi connectivity index (χ2v) is 9.31. The van der Waals surface area contributed by atoms with Gasteiger partial charge in [-0.05, 0) is 69.0 Å². The van der Waals surface area contributed by atoms with Gasteiger partial charge in [0.05, 0.1) is 33.5 Å². The third kappa shape index (κ3) is 5.75. The van der Waals surface area contributed by atoms with Gasteiger partial charge in [-0.1, -0.05) is 29.5 Å². The third-order valence-electron chi connectivity index (χ3n) is 5.91. The summed E-state index contributed by atoms with van der Waals surface area (Å²) < 4.78 is 21.9. The molecule has 1 N–H and O–H groups in total. The monoisotopic (exact) mass is 498 g/mol. The van der Waals surface area contributed by atoms with Crippen molar-refractivity contribution < 1.29 is 23.7 Å². The van der Waals surface area contributed by atoms with Gasteiger partial charge in [-0.2, -0.15) is 0 Å². The van der Waals surface area contributed by atoms with Crippen molar-refractivity contribution in [2.24, 2.45) is 4.99 Å². The van der Waals surface area contributed by atoms with Crippen LogP contribution in [0.2, 0.25) is 0 Å².